The molecule has 0 saturated carbocycles. The average molecular weight is 387 g/mol. The molecule has 0 amide bonds. The van der Waals surface area contributed by atoms with Gasteiger partial charge in [-0.05, 0) is 29.7 Å². The Morgan fingerprint density at radius 2 is 1.95 bits per heavy atom. The summed E-state index contributed by atoms with van der Waals surface area (Å²) in [6.07, 6.45) is 3.50. The van der Waals surface area contributed by atoms with Gasteiger partial charge in [-0.25, -0.2) is 5.48 Å². The minimum absolute atomic E-state index is 0. The number of halogens is 1. The van der Waals surface area contributed by atoms with Gasteiger partial charge in [-0.3, -0.25) is 9.82 Å². The van der Waals surface area contributed by atoms with E-state index in [9.17, 15) is 0 Å². The number of pyridine rings is 1. The molecule has 20 heavy (non-hydrogen) atoms. The third-order valence-corrected chi connectivity index (χ3v) is 2.59. The van der Waals surface area contributed by atoms with Crippen LogP contribution in [0.25, 0.3) is 0 Å². The minimum Gasteiger partial charge on any atom is -0.326 e. The fraction of sp³-hybridized carbons (Fsp3) is 0.267. The first-order chi connectivity index (χ1) is 9.27. The SMILES string of the molecule is CNOCc1ccccc1C.I.NCc1cccnc1. The molecule has 5 heteroatoms. The monoisotopic (exact) mass is 387 g/mol. The second-order valence-corrected chi connectivity index (χ2v) is 3.98. The Morgan fingerprint density at radius 3 is 2.45 bits per heavy atom. The van der Waals surface area contributed by atoms with E-state index in [0.29, 0.717) is 13.2 Å². The predicted octanol–water partition coefficient (Wildman–Crippen LogP) is 2.80. The summed E-state index contributed by atoms with van der Waals surface area (Å²) in [5.74, 6) is 0. The van der Waals surface area contributed by atoms with Crippen molar-refractivity contribution >= 4 is 24.0 Å². The molecule has 1 aromatic heterocycles. The Hall–Kier alpha value is -1.02. The van der Waals surface area contributed by atoms with Crippen LogP contribution in [0.3, 0.4) is 0 Å². The van der Waals surface area contributed by atoms with Gasteiger partial charge in [0.25, 0.3) is 0 Å². The van der Waals surface area contributed by atoms with E-state index in [-0.39, 0.29) is 24.0 Å². The number of aryl methyl sites for hydroxylation is 1. The van der Waals surface area contributed by atoms with Gasteiger partial charge in [-0.1, -0.05) is 30.3 Å². The molecule has 0 fully saturated rings. The zero-order valence-corrected chi connectivity index (χ0v) is 14.2. The highest BCUT2D eigenvalue weighted by Gasteiger charge is 1.94. The predicted molar refractivity (Wildman–Crippen MR) is 92.6 cm³/mol. The van der Waals surface area contributed by atoms with Crippen LogP contribution >= 0.6 is 24.0 Å². The fourth-order valence-corrected chi connectivity index (χ4v) is 1.44. The molecular weight excluding hydrogens is 365 g/mol. The molecule has 2 rings (SSSR count). The molecular formula is C15H22IN3O. The smallest absolute Gasteiger partial charge is 0.0935 e. The van der Waals surface area contributed by atoms with E-state index in [4.69, 9.17) is 10.6 Å². The van der Waals surface area contributed by atoms with E-state index in [1.807, 2.05) is 24.3 Å². The Kier molecular flexibility index (Phi) is 11.2. The second kappa shape index (κ2) is 11.8. The molecule has 0 unspecified atom stereocenters. The van der Waals surface area contributed by atoms with Crippen LogP contribution in [0.4, 0.5) is 0 Å². The number of nitrogens with zero attached hydrogens (tertiary/aromatic N) is 1. The first kappa shape index (κ1) is 19.0. The third-order valence-electron chi connectivity index (χ3n) is 2.59. The van der Waals surface area contributed by atoms with Crippen molar-refractivity contribution in [2.75, 3.05) is 7.05 Å². The first-order valence-electron chi connectivity index (χ1n) is 6.20. The Morgan fingerprint density at radius 1 is 1.20 bits per heavy atom. The highest BCUT2D eigenvalue weighted by Crippen LogP contribution is 2.06. The van der Waals surface area contributed by atoms with Crippen LogP contribution in [0.15, 0.2) is 48.8 Å². The van der Waals surface area contributed by atoms with Crippen molar-refractivity contribution in [3.8, 4) is 0 Å². The van der Waals surface area contributed by atoms with E-state index in [0.717, 1.165) is 5.56 Å². The average Bonchev–Trinajstić information content (AvgIpc) is 2.48. The molecule has 2 aromatic rings. The van der Waals surface area contributed by atoms with Crippen molar-refractivity contribution in [2.24, 2.45) is 5.73 Å². The fourth-order valence-electron chi connectivity index (χ4n) is 1.44. The Bertz CT molecular complexity index is 466. The molecule has 0 aliphatic heterocycles. The molecule has 1 aromatic carbocycles. The van der Waals surface area contributed by atoms with Crippen LogP contribution in [-0.2, 0) is 18.0 Å². The van der Waals surface area contributed by atoms with Gasteiger partial charge in [-0.2, -0.15) is 0 Å². The minimum atomic E-state index is 0. The van der Waals surface area contributed by atoms with Crippen LogP contribution in [0, 0.1) is 6.92 Å². The summed E-state index contributed by atoms with van der Waals surface area (Å²) >= 11 is 0. The molecule has 0 bridgehead atoms. The van der Waals surface area contributed by atoms with Gasteiger partial charge in [0.15, 0.2) is 0 Å². The summed E-state index contributed by atoms with van der Waals surface area (Å²) in [6, 6.07) is 12.0. The normalized spacial score (nSPS) is 9.15. The standard InChI is InChI=1S/C9H13NO.C6H8N2.HI/c1-8-5-3-4-6-9(8)7-11-10-2;7-4-6-2-1-3-8-5-6;/h3-6,10H,7H2,1-2H3;1-3,5H,4,7H2;1H. The maximum Gasteiger partial charge on any atom is 0.0935 e. The second-order valence-electron chi connectivity index (χ2n) is 3.98. The zero-order chi connectivity index (χ0) is 13.9. The van der Waals surface area contributed by atoms with Crippen molar-refractivity contribution in [3.63, 3.8) is 0 Å². The third kappa shape index (κ3) is 7.54. The molecule has 0 saturated heterocycles. The number of hydrogen-bond acceptors (Lipinski definition) is 4. The molecule has 0 aliphatic rings. The summed E-state index contributed by atoms with van der Waals surface area (Å²) in [5, 5.41) is 0. The Labute approximate surface area is 137 Å². The van der Waals surface area contributed by atoms with Crippen molar-refractivity contribution in [3.05, 3.63) is 65.5 Å². The van der Waals surface area contributed by atoms with Crippen molar-refractivity contribution in [1.29, 1.82) is 0 Å². The lowest BCUT2D eigenvalue weighted by molar-refractivity contribution is 0.0442. The zero-order valence-electron chi connectivity index (χ0n) is 11.9. The maximum atomic E-state index is 5.31. The lowest BCUT2D eigenvalue weighted by atomic mass is 10.1. The Balaban J connectivity index is 0.000000359. The number of hydrogen-bond donors (Lipinski definition) is 2. The van der Waals surface area contributed by atoms with E-state index in [1.165, 1.54) is 11.1 Å². The number of nitrogens with one attached hydrogen (secondary N) is 1. The summed E-state index contributed by atoms with van der Waals surface area (Å²) in [5.41, 5.74) is 11.5. The number of rotatable bonds is 4. The van der Waals surface area contributed by atoms with Crippen LogP contribution in [0.1, 0.15) is 16.7 Å². The molecule has 3 N–H and O–H groups in total. The maximum absolute atomic E-state index is 5.31. The molecule has 0 spiro atoms. The van der Waals surface area contributed by atoms with Crippen LogP contribution in [0.5, 0.6) is 0 Å². The first-order valence-corrected chi connectivity index (χ1v) is 6.20. The quantitative estimate of drug-likeness (QED) is 0.626. The van der Waals surface area contributed by atoms with Gasteiger partial charge < -0.3 is 5.73 Å². The van der Waals surface area contributed by atoms with Gasteiger partial charge in [0.05, 0.1) is 6.61 Å². The van der Waals surface area contributed by atoms with Crippen molar-refractivity contribution in [1.82, 2.24) is 10.5 Å². The highest BCUT2D eigenvalue weighted by atomic mass is 127. The topological polar surface area (TPSA) is 60.2 Å². The van der Waals surface area contributed by atoms with E-state index in [2.05, 4.69) is 29.5 Å². The van der Waals surface area contributed by atoms with Gasteiger partial charge in [0.2, 0.25) is 0 Å². The van der Waals surface area contributed by atoms with E-state index in [1.54, 1.807) is 19.4 Å². The van der Waals surface area contributed by atoms with E-state index < -0.39 is 0 Å². The lowest BCUT2D eigenvalue weighted by Gasteiger charge is -2.04. The van der Waals surface area contributed by atoms with Gasteiger partial charge in [-0.15, -0.1) is 24.0 Å². The van der Waals surface area contributed by atoms with E-state index >= 15 is 0 Å². The summed E-state index contributed by atoms with van der Waals surface area (Å²) in [4.78, 5) is 8.93. The molecule has 0 aliphatic carbocycles. The molecule has 4 nitrogen and oxygen atoms in total. The van der Waals surface area contributed by atoms with Crippen LogP contribution in [-0.4, -0.2) is 12.0 Å². The highest BCUT2D eigenvalue weighted by molar-refractivity contribution is 14.0. The summed E-state index contributed by atoms with van der Waals surface area (Å²) in [7, 11) is 1.76. The number of benzene rings is 1. The molecule has 0 atom stereocenters. The van der Waals surface area contributed by atoms with Gasteiger partial charge in [0, 0.05) is 26.0 Å². The molecule has 0 radical (unpaired) electrons. The van der Waals surface area contributed by atoms with Crippen molar-refractivity contribution < 1.29 is 4.84 Å². The van der Waals surface area contributed by atoms with Crippen LogP contribution in [0.2, 0.25) is 0 Å². The molecule has 110 valence electrons. The number of hydroxylamine groups is 1. The van der Waals surface area contributed by atoms with Crippen molar-refractivity contribution in [2.45, 2.75) is 20.1 Å². The van der Waals surface area contributed by atoms with Gasteiger partial charge in [0.1, 0.15) is 0 Å². The number of aromatic nitrogens is 1. The lowest BCUT2D eigenvalue weighted by Crippen LogP contribution is -2.07. The molecule has 1 heterocycles. The summed E-state index contributed by atoms with van der Waals surface area (Å²) in [6.45, 7) is 3.28. The largest absolute Gasteiger partial charge is 0.326 e. The van der Waals surface area contributed by atoms with Gasteiger partial charge >= 0.3 is 0 Å². The number of nitrogens with two attached hydrogens (primary N) is 1. The van der Waals surface area contributed by atoms with Crippen LogP contribution < -0.4 is 11.2 Å². The summed E-state index contributed by atoms with van der Waals surface area (Å²) < 4.78 is 0.